The summed E-state index contributed by atoms with van der Waals surface area (Å²) in [7, 11) is 1.35. The fraction of sp³-hybridized carbons (Fsp3) is 0.500. The summed E-state index contributed by atoms with van der Waals surface area (Å²) >= 11 is 0. The van der Waals surface area contributed by atoms with E-state index in [0.29, 0.717) is 0 Å². The van der Waals surface area contributed by atoms with Crippen LogP contribution in [0.4, 0.5) is 5.69 Å². The molecule has 1 rings (SSSR count). The van der Waals surface area contributed by atoms with Crippen LogP contribution in [-0.2, 0) is 16.0 Å². The highest BCUT2D eigenvalue weighted by Crippen LogP contribution is 2.25. The number of rotatable bonds is 9. The first kappa shape index (κ1) is 20.4. The van der Waals surface area contributed by atoms with Gasteiger partial charge in [0, 0.05) is 24.1 Å². The standard InChI is InChI=1S/C16H22N2O7/c1-9(2)6-13(19)15(20)17-12(16(21)22)8-10-7-11(18(23)24)4-5-14(10)25-3/h4-5,7,9,12-13,19H,6,8H2,1-3H3,(H,17,20)(H,21,22)/t12-,13-/m1/s1. The topological polar surface area (TPSA) is 139 Å². The molecular weight excluding hydrogens is 332 g/mol. The number of methoxy groups -OCH3 is 1. The summed E-state index contributed by atoms with van der Waals surface area (Å²) in [5, 5.41) is 32.2. The quantitative estimate of drug-likeness (QED) is 0.446. The Kier molecular flexibility index (Phi) is 7.31. The number of nitro benzene ring substituents is 1. The molecule has 0 aromatic heterocycles. The molecule has 1 aromatic carbocycles. The lowest BCUT2D eigenvalue weighted by Crippen LogP contribution is -2.47. The Morgan fingerprint density at radius 2 is 2.00 bits per heavy atom. The third kappa shape index (κ3) is 6.03. The summed E-state index contributed by atoms with van der Waals surface area (Å²) in [6, 6.07) is 2.45. The van der Waals surface area contributed by atoms with Crippen LogP contribution in [0.2, 0.25) is 0 Å². The van der Waals surface area contributed by atoms with E-state index in [4.69, 9.17) is 4.74 Å². The Balaban J connectivity index is 2.98. The van der Waals surface area contributed by atoms with E-state index in [2.05, 4.69) is 5.32 Å². The number of benzene rings is 1. The van der Waals surface area contributed by atoms with Gasteiger partial charge in [0.25, 0.3) is 5.69 Å². The van der Waals surface area contributed by atoms with Gasteiger partial charge in [-0.25, -0.2) is 4.79 Å². The second-order valence-electron chi connectivity index (χ2n) is 6.00. The average molecular weight is 354 g/mol. The number of carboxylic acid groups (broad SMARTS) is 1. The van der Waals surface area contributed by atoms with Crippen LogP contribution in [0.15, 0.2) is 18.2 Å². The number of ether oxygens (including phenoxy) is 1. The van der Waals surface area contributed by atoms with Crippen molar-refractivity contribution < 1.29 is 29.5 Å². The van der Waals surface area contributed by atoms with Crippen molar-refractivity contribution in [3.05, 3.63) is 33.9 Å². The van der Waals surface area contributed by atoms with Gasteiger partial charge in [0.05, 0.1) is 12.0 Å². The van der Waals surface area contributed by atoms with Crippen molar-refractivity contribution in [2.45, 2.75) is 38.8 Å². The van der Waals surface area contributed by atoms with Crippen LogP contribution in [0, 0.1) is 16.0 Å². The van der Waals surface area contributed by atoms with Crippen molar-refractivity contribution in [2.24, 2.45) is 5.92 Å². The number of carbonyl (C=O) groups is 2. The van der Waals surface area contributed by atoms with E-state index in [9.17, 15) is 29.9 Å². The second-order valence-corrected chi connectivity index (χ2v) is 6.00. The maximum atomic E-state index is 11.9. The first-order valence-corrected chi connectivity index (χ1v) is 7.68. The number of hydrogen-bond acceptors (Lipinski definition) is 6. The van der Waals surface area contributed by atoms with E-state index in [1.165, 1.54) is 25.3 Å². The smallest absolute Gasteiger partial charge is 0.326 e. The van der Waals surface area contributed by atoms with Gasteiger partial charge in [0.1, 0.15) is 17.9 Å². The molecule has 9 heteroatoms. The molecular formula is C16H22N2O7. The van der Waals surface area contributed by atoms with Gasteiger partial charge in [-0.3, -0.25) is 14.9 Å². The summed E-state index contributed by atoms with van der Waals surface area (Å²) in [6.07, 6.45) is -1.35. The van der Waals surface area contributed by atoms with E-state index in [1.54, 1.807) is 0 Å². The van der Waals surface area contributed by atoms with E-state index in [-0.39, 0.29) is 35.8 Å². The van der Waals surface area contributed by atoms with Crippen LogP contribution in [0.3, 0.4) is 0 Å². The summed E-state index contributed by atoms with van der Waals surface area (Å²) in [4.78, 5) is 33.7. The summed E-state index contributed by atoms with van der Waals surface area (Å²) in [5.41, 5.74) is 0.0499. The highest BCUT2D eigenvalue weighted by atomic mass is 16.6. The van der Waals surface area contributed by atoms with Crippen LogP contribution in [0.5, 0.6) is 5.75 Å². The van der Waals surface area contributed by atoms with Gasteiger partial charge in [0.15, 0.2) is 0 Å². The lowest BCUT2D eigenvalue weighted by atomic mass is 10.0. The maximum absolute atomic E-state index is 11.9. The van der Waals surface area contributed by atoms with E-state index < -0.39 is 28.9 Å². The molecule has 3 N–H and O–H groups in total. The lowest BCUT2D eigenvalue weighted by molar-refractivity contribution is -0.384. The Bertz CT molecular complexity index is 645. The number of non-ortho nitro benzene ring substituents is 1. The molecule has 9 nitrogen and oxygen atoms in total. The largest absolute Gasteiger partial charge is 0.496 e. The zero-order valence-corrected chi connectivity index (χ0v) is 14.3. The minimum Gasteiger partial charge on any atom is -0.496 e. The second kappa shape index (κ2) is 8.97. The molecule has 0 aliphatic rings. The molecule has 25 heavy (non-hydrogen) atoms. The summed E-state index contributed by atoms with van der Waals surface area (Å²) in [5.74, 6) is -1.79. The fourth-order valence-corrected chi connectivity index (χ4v) is 2.28. The third-order valence-corrected chi connectivity index (χ3v) is 3.51. The number of carboxylic acids is 1. The highest BCUT2D eigenvalue weighted by Gasteiger charge is 2.26. The molecule has 1 aromatic rings. The Morgan fingerprint density at radius 1 is 1.36 bits per heavy atom. The number of nitrogens with zero attached hydrogens (tertiary/aromatic N) is 1. The molecule has 0 heterocycles. The van der Waals surface area contributed by atoms with Gasteiger partial charge in [-0.1, -0.05) is 13.8 Å². The van der Waals surface area contributed by atoms with Crippen molar-refractivity contribution in [2.75, 3.05) is 7.11 Å². The van der Waals surface area contributed by atoms with Crippen molar-refractivity contribution in [3.8, 4) is 5.75 Å². The molecule has 0 aliphatic carbocycles. The number of aliphatic carboxylic acids is 1. The maximum Gasteiger partial charge on any atom is 0.326 e. The highest BCUT2D eigenvalue weighted by molar-refractivity contribution is 5.86. The molecule has 2 atom stereocenters. The molecule has 0 spiro atoms. The number of nitro groups is 1. The van der Waals surface area contributed by atoms with Gasteiger partial charge in [-0.15, -0.1) is 0 Å². The zero-order valence-electron chi connectivity index (χ0n) is 14.3. The number of nitrogens with one attached hydrogen (secondary N) is 1. The van der Waals surface area contributed by atoms with Crippen LogP contribution >= 0.6 is 0 Å². The van der Waals surface area contributed by atoms with Crippen LogP contribution in [0.25, 0.3) is 0 Å². The predicted molar refractivity (Wildman–Crippen MR) is 88.4 cm³/mol. The first-order valence-electron chi connectivity index (χ1n) is 7.68. The SMILES string of the molecule is COc1ccc([N+](=O)[O-])cc1C[C@@H](NC(=O)[C@H](O)CC(C)C)C(=O)O. The van der Waals surface area contributed by atoms with E-state index >= 15 is 0 Å². The van der Waals surface area contributed by atoms with Crippen LogP contribution in [0.1, 0.15) is 25.8 Å². The average Bonchev–Trinajstić information content (AvgIpc) is 2.52. The molecule has 0 fully saturated rings. The molecule has 138 valence electrons. The third-order valence-electron chi connectivity index (χ3n) is 3.51. The van der Waals surface area contributed by atoms with Gasteiger partial charge >= 0.3 is 5.97 Å². The van der Waals surface area contributed by atoms with Crippen molar-refractivity contribution >= 4 is 17.6 Å². The number of aliphatic hydroxyl groups excluding tert-OH is 1. The Hall–Kier alpha value is -2.68. The van der Waals surface area contributed by atoms with Gasteiger partial charge in [-0.2, -0.15) is 0 Å². The first-order chi connectivity index (χ1) is 11.6. The molecule has 1 amide bonds. The van der Waals surface area contributed by atoms with Crippen molar-refractivity contribution in [1.29, 1.82) is 0 Å². The van der Waals surface area contributed by atoms with E-state index in [1.807, 2.05) is 13.8 Å². The molecule has 0 unspecified atom stereocenters. The molecule has 0 aliphatic heterocycles. The Morgan fingerprint density at radius 3 is 2.48 bits per heavy atom. The van der Waals surface area contributed by atoms with Crippen LogP contribution in [-0.4, -0.2) is 46.3 Å². The van der Waals surface area contributed by atoms with Gasteiger partial charge in [0.2, 0.25) is 5.91 Å². The van der Waals surface area contributed by atoms with Crippen LogP contribution < -0.4 is 10.1 Å². The summed E-state index contributed by atoms with van der Waals surface area (Å²) in [6.45, 7) is 3.64. The number of carbonyl (C=O) groups excluding carboxylic acids is 1. The van der Waals surface area contributed by atoms with Gasteiger partial charge < -0.3 is 20.3 Å². The Labute approximate surface area is 144 Å². The van der Waals surface area contributed by atoms with Crippen molar-refractivity contribution in [3.63, 3.8) is 0 Å². The minimum absolute atomic E-state index is 0.0564. The number of amides is 1. The molecule has 0 radical (unpaired) electrons. The monoisotopic (exact) mass is 354 g/mol. The zero-order chi connectivity index (χ0) is 19.1. The molecule has 0 saturated carbocycles. The molecule has 0 bridgehead atoms. The lowest BCUT2D eigenvalue weighted by Gasteiger charge is -2.19. The summed E-state index contributed by atoms with van der Waals surface area (Å²) < 4.78 is 5.09. The number of hydrogen-bond donors (Lipinski definition) is 3. The molecule has 0 saturated heterocycles. The normalized spacial score (nSPS) is 13.2. The van der Waals surface area contributed by atoms with Gasteiger partial charge in [-0.05, 0) is 18.4 Å². The fourth-order valence-electron chi connectivity index (χ4n) is 2.28. The predicted octanol–water partition coefficient (Wildman–Crippen LogP) is 1.12. The van der Waals surface area contributed by atoms with E-state index in [0.717, 1.165) is 0 Å². The van der Waals surface area contributed by atoms with Crippen molar-refractivity contribution in [1.82, 2.24) is 5.32 Å². The number of aliphatic hydroxyl groups is 1. The minimum atomic E-state index is -1.36.